The number of pyridine rings is 1. The summed E-state index contributed by atoms with van der Waals surface area (Å²) < 4.78 is 5.59. The minimum atomic E-state index is 0.110. The second kappa shape index (κ2) is 4.29. The lowest BCUT2D eigenvalue weighted by atomic mass is 10.1. The van der Waals surface area contributed by atoms with E-state index < -0.39 is 0 Å². The molecule has 0 atom stereocenters. The van der Waals surface area contributed by atoms with Gasteiger partial charge in [-0.1, -0.05) is 0 Å². The van der Waals surface area contributed by atoms with Crippen molar-refractivity contribution in [3.63, 3.8) is 0 Å². The van der Waals surface area contributed by atoms with Crippen LogP contribution in [0.3, 0.4) is 0 Å². The number of aromatic nitrogens is 1. The molecule has 0 amide bonds. The third-order valence-corrected chi connectivity index (χ3v) is 2.70. The topological polar surface area (TPSA) is 51.4 Å². The molecule has 4 heteroatoms. The van der Waals surface area contributed by atoms with Gasteiger partial charge in [-0.15, -0.1) is 0 Å². The summed E-state index contributed by atoms with van der Waals surface area (Å²) >= 11 is 0. The van der Waals surface area contributed by atoms with Crippen molar-refractivity contribution in [2.24, 2.45) is 0 Å². The van der Waals surface area contributed by atoms with Gasteiger partial charge in [0.2, 0.25) is 5.88 Å². The Morgan fingerprint density at radius 3 is 2.94 bits per heavy atom. The molecule has 1 aliphatic heterocycles. The molecule has 2 rings (SSSR count). The molecule has 0 bridgehead atoms. The summed E-state index contributed by atoms with van der Waals surface area (Å²) in [5, 5.41) is 0. The van der Waals surface area contributed by atoms with Crippen molar-refractivity contribution in [2.45, 2.75) is 32.9 Å². The van der Waals surface area contributed by atoms with Gasteiger partial charge in [-0.2, -0.15) is 0 Å². The van der Waals surface area contributed by atoms with Gasteiger partial charge in [-0.05, 0) is 32.5 Å². The fraction of sp³-hybridized carbons (Fsp3) is 0.583. The number of nitrogens with two attached hydrogens (primary N) is 1. The van der Waals surface area contributed by atoms with E-state index in [0.717, 1.165) is 25.2 Å². The number of nitrogens with zero attached hydrogens (tertiary/aromatic N) is 2. The Hall–Kier alpha value is -1.29. The molecule has 1 aromatic rings. The predicted molar refractivity (Wildman–Crippen MR) is 64.5 cm³/mol. The first kappa shape index (κ1) is 11.2. The van der Waals surface area contributed by atoms with Crippen molar-refractivity contribution in [2.75, 3.05) is 19.3 Å². The maximum Gasteiger partial charge on any atom is 0.237 e. The van der Waals surface area contributed by atoms with Crippen LogP contribution in [0.25, 0.3) is 0 Å². The molecule has 0 saturated heterocycles. The Morgan fingerprint density at radius 2 is 2.25 bits per heavy atom. The van der Waals surface area contributed by atoms with Crippen molar-refractivity contribution in [1.82, 2.24) is 9.88 Å². The molecule has 0 radical (unpaired) electrons. The predicted octanol–water partition coefficient (Wildman–Crippen LogP) is 1.44. The number of hydrogen-bond donors (Lipinski definition) is 1. The number of hydrogen-bond acceptors (Lipinski definition) is 4. The van der Waals surface area contributed by atoms with Crippen LogP contribution in [0.1, 0.15) is 25.1 Å². The lowest BCUT2D eigenvalue weighted by Gasteiger charge is -2.25. The normalized spacial score (nSPS) is 16.2. The molecule has 88 valence electrons. The van der Waals surface area contributed by atoms with Gasteiger partial charge >= 0.3 is 0 Å². The summed E-state index contributed by atoms with van der Waals surface area (Å²) in [6, 6.07) is 2.00. The lowest BCUT2D eigenvalue weighted by molar-refractivity contribution is 0.231. The number of anilines is 1. The summed E-state index contributed by atoms with van der Waals surface area (Å²) in [4.78, 5) is 6.78. The third kappa shape index (κ3) is 2.27. The van der Waals surface area contributed by atoms with Gasteiger partial charge in [-0.25, -0.2) is 4.98 Å². The quantitative estimate of drug-likeness (QED) is 0.821. The lowest BCUT2D eigenvalue weighted by Crippen LogP contribution is -2.27. The summed E-state index contributed by atoms with van der Waals surface area (Å²) in [6.07, 6.45) is 1.08. The van der Waals surface area contributed by atoms with Crippen LogP contribution in [0.15, 0.2) is 6.07 Å². The molecule has 0 fully saturated rings. The first-order valence-corrected chi connectivity index (χ1v) is 5.69. The Labute approximate surface area is 96.4 Å². The van der Waals surface area contributed by atoms with E-state index in [9.17, 15) is 0 Å². The Morgan fingerprint density at radius 1 is 1.50 bits per heavy atom. The molecular formula is C12H19N3O. The minimum Gasteiger partial charge on any atom is -0.473 e. The van der Waals surface area contributed by atoms with Gasteiger partial charge < -0.3 is 15.4 Å². The van der Waals surface area contributed by atoms with E-state index in [2.05, 4.69) is 16.9 Å². The molecule has 0 aromatic carbocycles. The van der Waals surface area contributed by atoms with Crippen molar-refractivity contribution in [3.05, 3.63) is 17.3 Å². The molecule has 2 heterocycles. The first-order chi connectivity index (χ1) is 7.56. The molecule has 16 heavy (non-hydrogen) atoms. The van der Waals surface area contributed by atoms with Crippen LogP contribution < -0.4 is 10.5 Å². The highest BCUT2D eigenvalue weighted by molar-refractivity contribution is 5.51. The van der Waals surface area contributed by atoms with Gasteiger partial charge in [0.25, 0.3) is 0 Å². The number of rotatable bonds is 2. The van der Waals surface area contributed by atoms with E-state index in [-0.39, 0.29) is 6.10 Å². The van der Waals surface area contributed by atoms with Crippen molar-refractivity contribution in [1.29, 1.82) is 0 Å². The molecule has 0 aliphatic carbocycles. The molecule has 0 spiro atoms. The van der Waals surface area contributed by atoms with Gasteiger partial charge in [0.05, 0.1) is 17.5 Å². The number of ether oxygens (including phenoxy) is 1. The maximum absolute atomic E-state index is 5.93. The fourth-order valence-electron chi connectivity index (χ4n) is 1.93. The summed E-state index contributed by atoms with van der Waals surface area (Å²) in [5.74, 6) is 0.582. The molecule has 1 aromatic heterocycles. The largest absolute Gasteiger partial charge is 0.473 e. The Kier molecular flexibility index (Phi) is 3.01. The Balaban J connectivity index is 2.30. The summed E-state index contributed by atoms with van der Waals surface area (Å²) in [7, 11) is 2.11. The van der Waals surface area contributed by atoms with Crippen LogP contribution in [0.2, 0.25) is 0 Å². The molecule has 4 nitrogen and oxygen atoms in total. The molecule has 1 aliphatic rings. The number of likely N-dealkylation sites (N-methyl/N-ethyl adjacent to an activating group) is 1. The van der Waals surface area contributed by atoms with Crippen molar-refractivity contribution >= 4 is 5.69 Å². The highest BCUT2D eigenvalue weighted by Gasteiger charge is 2.17. The second-order valence-electron chi connectivity index (χ2n) is 4.64. The highest BCUT2D eigenvalue weighted by Crippen LogP contribution is 2.26. The van der Waals surface area contributed by atoms with E-state index >= 15 is 0 Å². The maximum atomic E-state index is 5.93. The second-order valence-corrected chi connectivity index (χ2v) is 4.64. The van der Waals surface area contributed by atoms with Gasteiger partial charge in [-0.3, -0.25) is 0 Å². The van der Waals surface area contributed by atoms with Crippen LogP contribution in [0.5, 0.6) is 5.88 Å². The molecule has 2 N–H and O–H groups in total. The average molecular weight is 221 g/mol. The van der Waals surface area contributed by atoms with E-state index in [1.807, 2.05) is 19.9 Å². The standard InChI is InChI=1S/C12H19N3O/c1-8(2)16-12-10(13)6-9-7-15(3)5-4-11(9)14-12/h6,8H,4-5,7,13H2,1-3H3. The summed E-state index contributed by atoms with van der Waals surface area (Å²) in [6.45, 7) is 5.93. The van der Waals surface area contributed by atoms with Gasteiger partial charge in [0, 0.05) is 19.5 Å². The van der Waals surface area contributed by atoms with E-state index in [1.54, 1.807) is 0 Å². The zero-order valence-electron chi connectivity index (χ0n) is 10.2. The fourth-order valence-corrected chi connectivity index (χ4v) is 1.93. The molecule has 0 unspecified atom stereocenters. The molecular weight excluding hydrogens is 202 g/mol. The monoisotopic (exact) mass is 221 g/mol. The van der Waals surface area contributed by atoms with E-state index in [0.29, 0.717) is 11.6 Å². The smallest absolute Gasteiger partial charge is 0.237 e. The third-order valence-electron chi connectivity index (χ3n) is 2.70. The molecule has 0 saturated carbocycles. The van der Waals surface area contributed by atoms with Crippen LogP contribution in [0.4, 0.5) is 5.69 Å². The summed E-state index contributed by atoms with van der Waals surface area (Å²) in [5.41, 5.74) is 8.93. The number of fused-ring (bicyclic) bond motifs is 1. The highest BCUT2D eigenvalue weighted by atomic mass is 16.5. The van der Waals surface area contributed by atoms with Crippen LogP contribution in [-0.4, -0.2) is 29.6 Å². The van der Waals surface area contributed by atoms with Crippen LogP contribution in [0, 0.1) is 0 Å². The van der Waals surface area contributed by atoms with E-state index in [1.165, 1.54) is 5.56 Å². The van der Waals surface area contributed by atoms with Crippen LogP contribution in [-0.2, 0) is 13.0 Å². The van der Waals surface area contributed by atoms with E-state index in [4.69, 9.17) is 10.5 Å². The van der Waals surface area contributed by atoms with Crippen molar-refractivity contribution < 1.29 is 4.74 Å². The minimum absolute atomic E-state index is 0.110. The Bertz CT molecular complexity index is 390. The number of nitrogen functional groups attached to an aromatic ring is 1. The van der Waals surface area contributed by atoms with Gasteiger partial charge in [0.1, 0.15) is 0 Å². The zero-order valence-corrected chi connectivity index (χ0v) is 10.2. The first-order valence-electron chi connectivity index (χ1n) is 5.69. The average Bonchev–Trinajstić information content (AvgIpc) is 2.19. The SMILES string of the molecule is CC(C)Oc1nc2c(cc1N)CN(C)CC2. The zero-order chi connectivity index (χ0) is 11.7. The van der Waals surface area contributed by atoms with Gasteiger partial charge in [0.15, 0.2) is 0 Å². The van der Waals surface area contributed by atoms with Crippen LogP contribution >= 0.6 is 0 Å². The van der Waals surface area contributed by atoms with Crippen molar-refractivity contribution in [3.8, 4) is 5.88 Å².